The molecule has 0 saturated carbocycles. The lowest BCUT2D eigenvalue weighted by atomic mass is 10.1. The third kappa shape index (κ3) is 2.72. The molecule has 0 saturated heterocycles. The van der Waals surface area contributed by atoms with E-state index in [1.54, 1.807) is 11.8 Å². The van der Waals surface area contributed by atoms with Crippen LogP contribution in [0.2, 0.25) is 5.15 Å². The van der Waals surface area contributed by atoms with E-state index in [9.17, 15) is 4.79 Å². The highest BCUT2D eigenvalue weighted by atomic mass is 35.5. The fraction of sp³-hybridized carbons (Fsp3) is 0.154. The first-order valence-electron chi connectivity index (χ1n) is 5.75. The molecule has 0 spiro atoms. The molecular formula is C13H10ClN3OS. The molecule has 2 heterocycles. The largest absolute Gasteiger partial charge is 0.310 e. The fourth-order valence-corrected chi connectivity index (χ4v) is 3.28. The Kier molecular flexibility index (Phi) is 3.40. The van der Waals surface area contributed by atoms with Crippen LogP contribution in [0.3, 0.4) is 0 Å². The van der Waals surface area contributed by atoms with Gasteiger partial charge in [0.1, 0.15) is 17.3 Å². The van der Waals surface area contributed by atoms with Crippen LogP contribution in [0.5, 0.6) is 0 Å². The van der Waals surface area contributed by atoms with Gasteiger partial charge in [-0.2, -0.15) is 0 Å². The fourth-order valence-electron chi connectivity index (χ4n) is 1.94. The van der Waals surface area contributed by atoms with Crippen LogP contribution < -0.4 is 5.32 Å². The predicted molar refractivity (Wildman–Crippen MR) is 75.5 cm³/mol. The van der Waals surface area contributed by atoms with Crippen molar-refractivity contribution in [2.45, 2.75) is 16.6 Å². The maximum Gasteiger partial charge on any atom is 0.239 e. The van der Waals surface area contributed by atoms with Gasteiger partial charge in [-0.1, -0.05) is 29.8 Å². The van der Waals surface area contributed by atoms with Gasteiger partial charge in [-0.3, -0.25) is 4.79 Å². The van der Waals surface area contributed by atoms with E-state index >= 15 is 0 Å². The molecule has 0 aliphatic carbocycles. The van der Waals surface area contributed by atoms with Crippen molar-refractivity contribution >= 4 is 35.1 Å². The summed E-state index contributed by atoms with van der Waals surface area (Å²) in [7, 11) is 0. The minimum absolute atomic E-state index is 0.0593. The number of anilines is 1. The van der Waals surface area contributed by atoms with Crippen molar-refractivity contribution in [1.82, 2.24) is 9.97 Å². The minimum Gasteiger partial charge on any atom is -0.310 e. The molecule has 96 valence electrons. The summed E-state index contributed by atoms with van der Waals surface area (Å²) >= 11 is 7.33. The highest BCUT2D eigenvalue weighted by Crippen LogP contribution is 2.37. The van der Waals surface area contributed by atoms with Gasteiger partial charge in [0.05, 0.1) is 5.25 Å². The van der Waals surface area contributed by atoms with Crippen LogP contribution in [-0.4, -0.2) is 21.1 Å². The van der Waals surface area contributed by atoms with E-state index in [1.165, 1.54) is 22.9 Å². The lowest BCUT2D eigenvalue weighted by Gasteiger charge is -2.08. The maximum absolute atomic E-state index is 12.2. The summed E-state index contributed by atoms with van der Waals surface area (Å²) < 4.78 is 0. The van der Waals surface area contributed by atoms with Crippen molar-refractivity contribution in [2.75, 3.05) is 5.32 Å². The molecule has 1 aromatic carbocycles. The summed E-state index contributed by atoms with van der Waals surface area (Å²) in [6.45, 7) is 0. The molecule has 3 rings (SSSR count). The molecule has 6 heteroatoms. The first-order chi connectivity index (χ1) is 9.22. The van der Waals surface area contributed by atoms with Crippen molar-refractivity contribution in [3.63, 3.8) is 0 Å². The van der Waals surface area contributed by atoms with Crippen molar-refractivity contribution in [3.05, 3.63) is 47.4 Å². The molecule has 1 aliphatic rings. The van der Waals surface area contributed by atoms with Crippen LogP contribution >= 0.6 is 23.4 Å². The van der Waals surface area contributed by atoms with Crippen molar-refractivity contribution in [1.29, 1.82) is 0 Å². The van der Waals surface area contributed by atoms with E-state index < -0.39 is 0 Å². The van der Waals surface area contributed by atoms with Crippen LogP contribution in [0.1, 0.15) is 5.56 Å². The quantitative estimate of drug-likeness (QED) is 0.865. The predicted octanol–water partition coefficient (Wildman–Crippen LogP) is 2.79. The van der Waals surface area contributed by atoms with E-state index in [2.05, 4.69) is 21.4 Å². The Morgan fingerprint density at radius 3 is 3.00 bits per heavy atom. The molecule has 1 aromatic heterocycles. The van der Waals surface area contributed by atoms with Gasteiger partial charge >= 0.3 is 0 Å². The van der Waals surface area contributed by atoms with Gasteiger partial charge in [0.25, 0.3) is 0 Å². The molecule has 4 nitrogen and oxygen atoms in total. The van der Waals surface area contributed by atoms with E-state index in [1.807, 2.05) is 18.2 Å². The third-order valence-electron chi connectivity index (χ3n) is 2.82. The number of amides is 1. The zero-order chi connectivity index (χ0) is 13.2. The number of halogens is 1. The van der Waals surface area contributed by atoms with Gasteiger partial charge in [-0.05, 0) is 18.1 Å². The Labute approximate surface area is 119 Å². The van der Waals surface area contributed by atoms with E-state index in [0.29, 0.717) is 11.0 Å². The molecule has 0 bridgehead atoms. The van der Waals surface area contributed by atoms with Gasteiger partial charge < -0.3 is 5.32 Å². The standard InChI is InChI=1S/C13H10ClN3OS/c14-11-6-12(16-7-15-11)17-13(18)10-5-8-3-1-2-4-9(8)19-10/h1-4,6-7,10H,5H2,(H,15,16,17,18). The summed E-state index contributed by atoms with van der Waals surface area (Å²) in [6.07, 6.45) is 2.07. The second-order valence-electron chi connectivity index (χ2n) is 4.13. The number of benzene rings is 1. The lowest BCUT2D eigenvalue weighted by molar-refractivity contribution is -0.115. The normalized spacial score (nSPS) is 17.0. The average Bonchev–Trinajstić information content (AvgIpc) is 2.82. The van der Waals surface area contributed by atoms with Crippen molar-refractivity contribution < 1.29 is 4.79 Å². The Morgan fingerprint density at radius 2 is 2.21 bits per heavy atom. The van der Waals surface area contributed by atoms with E-state index in [0.717, 1.165) is 6.42 Å². The van der Waals surface area contributed by atoms with Crippen molar-refractivity contribution in [2.24, 2.45) is 0 Å². The molecule has 0 radical (unpaired) electrons. The zero-order valence-electron chi connectivity index (χ0n) is 9.84. The number of rotatable bonds is 2. The van der Waals surface area contributed by atoms with E-state index in [4.69, 9.17) is 11.6 Å². The molecule has 1 aliphatic heterocycles. The molecular weight excluding hydrogens is 282 g/mol. The molecule has 1 atom stereocenters. The number of hydrogen-bond donors (Lipinski definition) is 1. The van der Waals surface area contributed by atoms with Gasteiger partial charge in [0, 0.05) is 11.0 Å². The summed E-state index contributed by atoms with van der Waals surface area (Å²) in [5, 5.41) is 2.96. The Bertz CT molecular complexity index is 610. The summed E-state index contributed by atoms with van der Waals surface area (Å²) in [5.74, 6) is 0.373. The number of thioether (sulfide) groups is 1. The molecule has 1 N–H and O–H groups in total. The highest BCUT2D eigenvalue weighted by Gasteiger charge is 2.28. The zero-order valence-corrected chi connectivity index (χ0v) is 11.4. The second kappa shape index (κ2) is 5.19. The Morgan fingerprint density at radius 1 is 1.37 bits per heavy atom. The maximum atomic E-state index is 12.2. The number of aromatic nitrogens is 2. The number of hydrogen-bond acceptors (Lipinski definition) is 4. The minimum atomic E-state index is -0.119. The number of fused-ring (bicyclic) bond motifs is 1. The highest BCUT2D eigenvalue weighted by molar-refractivity contribution is 8.01. The topological polar surface area (TPSA) is 54.9 Å². The molecule has 1 unspecified atom stereocenters. The smallest absolute Gasteiger partial charge is 0.239 e. The molecule has 19 heavy (non-hydrogen) atoms. The van der Waals surface area contributed by atoms with Crippen LogP contribution in [0.25, 0.3) is 0 Å². The SMILES string of the molecule is O=C(Nc1cc(Cl)ncn1)C1Cc2ccccc2S1. The monoisotopic (exact) mass is 291 g/mol. The molecule has 1 amide bonds. The summed E-state index contributed by atoms with van der Waals surface area (Å²) in [5.41, 5.74) is 1.22. The first kappa shape index (κ1) is 12.4. The number of nitrogens with zero attached hydrogens (tertiary/aromatic N) is 2. The van der Waals surface area contributed by atoms with Gasteiger partial charge in [0.2, 0.25) is 5.91 Å². The first-order valence-corrected chi connectivity index (χ1v) is 7.01. The van der Waals surface area contributed by atoms with Crippen LogP contribution in [0, 0.1) is 0 Å². The lowest BCUT2D eigenvalue weighted by Crippen LogP contribution is -2.25. The summed E-state index contributed by atoms with van der Waals surface area (Å²) in [4.78, 5) is 21.1. The molecule has 2 aromatic rings. The Balaban J connectivity index is 1.70. The Hall–Kier alpha value is -1.59. The van der Waals surface area contributed by atoms with Crippen molar-refractivity contribution in [3.8, 4) is 0 Å². The van der Waals surface area contributed by atoms with Crippen LogP contribution in [0.15, 0.2) is 41.6 Å². The number of nitrogens with one attached hydrogen (secondary N) is 1. The number of carbonyl (C=O) groups excluding carboxylic acids is 1. The van der Waals surface area contributed by atoms with E-state index in [-0.39, 0.29) is 11.2 Å². The average molecular weight is 292 g/mol. The molecule has 0 fully saturated rings. The van der Waals surface area contributed by atoms with Gasteiger partial charge in [-0.25, -0.2) is 9.97 Å². The summed E-state index contributed by atoms with van der Waals surface area (Å²) in [6, 6.07) is 9.60. The van der Waals surface area contributed by atoms with Gasteiger partial charge in [-0.15, -0.1) is 11.8 Å². The van der Waals surface area contributed by atoms with Crippen LogP contribution in [-0.2, 0) is 11.2 Å². The number of carbonyl (C=O) groups is 1. The van der Waals surface area contributed by atoms with Crippen LogP contribution in [0.4, 0.5) is 5.82 Å². The second-order valence-corrected chi connectivity index (χ2v) is 5.77. The van der Waals surface area contributed by atoms with Gasteiger partial charge in [0.15, 0.2) is 0 Å². The third-order valence-corrected chi connectivity index (χ3v) is 4.35.